The quantitative estimate of drug-likeness (QED) is 0.0977. The van der Waals surface area contributed by atoms with Gasteiger partial charge in [0.25, 0.3) is 5.91 Å². The molecule has 0 aliphatic heterocycles. The van der Waals surface area contributed by atoms with Gasteiger partial charge >= 0.3 is 12.1 Å². The Labute approximate surface area is 222 Å². The molecule has 0 saturated carbocycles. The molecule has 0 bridgehead atoms. The maximum absolute atomic E-state index is 12.4. The van der Waals surface area contributed by atoms with Crippen LogP contribution in [-0.2, 0) is 32.2 Å². The fourth-order valence-electron chi connectivity index (χ4n) is 3.78. The highest BCUT2D eigenvalue weighted by molar-refractivity contribution is 6.00. The van der Waals surface area contributed by atoms with Crippen LogP contribution in [0.15, 0.2) is 78.9 Å². The zero-order valence-electron chi connectivity index (χ0n) is 21.4. The number of ether oxygens (including phenoxy) is 2. The zero-order chi connectivity index (χ0) is 27.2. The summed E-state index contributed by atoms with van der Waals surface area (Å²) in [6.07, 6.45) is 3.76. The van der Waals surface area contributed by atoms with Crippen LogP contribution < -0.4 is 10.6 Å². The molecule has 3 aromatic carbocycles. The minimum absolute atomic E-state index is 0.162. The van der Waals surface area contributed by atoms with Gasteiger partial charge in [0.1, 0.15) is 6.61 Å². The molecule has 0 spiro atoms. The molecular weight excluding hydrogens is 486 g/mol. The van der Waals surface area contributed by atoms with Gasteiger partial charge < -0.3 is 14.8 Å². The number of anilines is 1. The first-order valence-corrected chi connectivity index (χ1v) is 12.4. The molecule has 9 heteroatoms. The lowest BCUT2D eigenvalue weighted by atomic mass is 10.1. The lowest BCUT2D eigenvalue weighted by Crippen LogP contribution is -2.27. The van der Waals surface area contributed by atoms with Gasteiger partial charge in [-0.15, -0.1) is 0 Å². The molecule has 0 aromatic heterocycles. The first-order chi connectivity index (χ1) is 18.5. The molecule has 2 amide bonds. The van der Waals surface area contributed by atoms with E-state index in [2.05, 4.69) is 15.4 Å². The summed E-state index contributed by atoms with van der Waals surface area (Å²) in [5.41, 5.74) is 2.68. The first-order valence-electron chi connectivity index (χ1n) is 12.4. The summed E-state index contributed by atoms with van der Waals surface area (Å²) in [7, 11) is 1.21. The Balaban J connectivity index is 1.32. The molecule has 3 rings (SSSR count). The van der Waals surface area contributed by atoms with Gasteiger partial charge in [0.15, 0.2) is 0 Å². The van der Waals surface area contributed by atoms with Crippen LogP contribution in [-0.4, -0.2) is 48.4 Å². The molecule has 0 aliphatic rings. The topological polar surface area (TPSA) is 117 Å². The van der Waals surface area contributed by atoms with Gasteiger partial charge in [-0.2, -0.15) is 0 Å². The largest absolute Gasteiger partial charge is 0.466 e. The number of hydrogen-bond acceptors (Lipinski definition) is 7. The molecule has 9 nitrogen and oxygen atoms in total. The molecule has 0 fully saturated rings. The maximum Gasteiger partial charge on any atom is 0.411 e. The van der Waals surface area contributed by atoms with Crippen LogP contribution in [0.2, 0.25) is 0 Å². The van der Waals surface area contributed by atoms with Crippen molar-refractivity contribution in [2.24, 2.45) is 0 Å². The normalized spacial score (nSPS) is 10.9. The highest BCUT2D eigenvalue weighted by atomic mass is 16.5. The number of fused-ring (bicyclic) bond motifs is 1. The van der Waals surface area contributed by atoms with Crippen molar-refractivity contribution in [1.29, 1.82) is 0 Å². The van der Waals surface area contributed by atoms with E-state index in [9.17, 15) is 19.6 Å². The summed E-state index contributed by atoms with van der Waals surface area (Å²) < 4.78 is 9.83. The minimum atomic E-state index is -0.663. The Morgan fingerprint density at radius 3 is 2.53 bits per heavy atom. The monoisotopic (exact) mass is 519 g/mol. The standard InChI is InChI=1S/C29H33N3O6/c1-37-28(34)16-15-27(33)32(36)18-6-2-5-17-30-20-22-9-7-10-23(19-22)21-38-29(35)31-26-14-8-12-24-11-3-4-13-25(24)26/h3-4,7-16,19,30,36H,2,5-6,17-18,20-21H2,1H3,(H,31,35)/b16-15+. The predicted octanol–water partition coefficient (Wildman–Crippen LogP) is 4.80. The number of unbranched alkanes of at least 4 members (excludes halogenated alkanes) is 2. The average molecular weight is 520 g/mol. The lowest BCUT2D eigenvalue weighted by Gasteiger charge is -2.12. The van der Waals surface area contributed by atoms with E-state index in [-0.39, 0.29) is 13.2 Å². The Hall–Kier alpha value is -4.21. The summed E-state index contributed by atoms with van der Waals surface area (Å²) in [5.74, 6) is -1.32. The van der Waals surface area contributed by atoms with Crippen molar-refractivity contribution < 1.29 is 29.1 Å². The number of nitrogens with one attached hydrogen (secondary N) is 2. The van der Waals surface area contributed by atoms with Crippen molar-refractivity contribution in [2.45, 2.75) is 32.4 Å². The number of carbonyl (C=O) groups excluding carboxylic acids is 3. The summed E-state index contributed by atoms with van der Waals surface area (Å²) in [6, 6.07) is 21.4. The fraction of sp³-hybridized carbons (Fsp3) is 0.276. The molecule has 0 heterocycles. The Bertz CT molecular complexity index is 1250. The number of esters is 1. The van der Waals surface area contributed by atoms with E-state index in [0.717, 1.165) is 53.4 Å². The van der Waals surface area contributed by atoms with E-state index in [1.807, 2.05) is 66.7 Å². The van der Waals surface area contributed by atoms with Crippen LogP contribution >= 0.6 is 0 Å². The van der Waals surface area contributed by atoms with Gasteiger partial charge in [-0.25, -0.2) is 14.7 Å². The molecule has 0 unspecified atom stereocenters. The molecule has 3 N–H and O–H groups in total. The van der Waals surface area contributed by atoms with Crippen molar-refractivity contribution in [2.75, 3.05) is 25.5 Å². The van der Waals surface area contributed by atoms with Crippen molar-refractivity contribution >= 4 is 34.4 Å². The van der Waals surface area contributed by atoms with E-state index in [1.165, 1.54) is 7.11 Å². The number of hydrogen-bond donors (Lipinski definition) is 3. The number of hydroxylamine groups is 2. The van der Waals surface area contributed by atoms with Crippen molar-refractivity contribution in [1.82, 2.24) is 10.4 Å². The van der Waals surface area contributed by atoms with E-state index >= 15 is 0 Å². The minimum Gasteiger partial charge on any atom is -0.466 e. The SMILES string of the molecule is COC(=O)/C=C/C(=O)N(O)CCCCCNCc1cccc(COC(=O)Nc2cccc3ccccc23)c1. The van der Waals surface area contributed by atoms with E-state index < -0.39 is 18.0 Å². The molecule has 3 aromatic rings. The molecule has 0 saturated heterocycles. The van der Waals surface area contributed by atoms with Gasteiger partial charge in [0, 0.05) is 30.6 Å². The van der Waals surface area contributed by atoms with Crippen LogP contribution in [0.5, 0.6) is 0 Å². The van der Waals surface area contributed by atoms with E-state index in [4.69, 9.17) is 4.74 Å². The van der Waals surface area contributed by atoms with Crippen molar-refractivity contribution in [3.8, 4) is 0 Å². The van der Waals surface area contributed by atoms with Crippen LogP contribution in [0.25, 0.3) is 10.8 Å². The second kappa shape index (κ2) is 15.1. The second-order valence-corrected chi connectivity index (χ2v) is 8.60. The summed E-state index contributed by atoms with van der Waals surface area (Å²) in [6.45, 7) is 1.78. The maximum atomic E-state index is 12.4. The zero-order valence-corrected chi connectivity index (χ0v) is 21.4. The van der Waals surface area contributed by atoms with Gasteiger partial charge in [-0.3, -0.25) is 15.3 Å². The van der Waals surface area contributed by atoms with Crippen molar-refractivity contribution in [3.05, 3.63) is 90.0 Å². The summed E-state index contributed by atoms with van der Waals surface area (Å²) in [4.78, 5) is 35.0. The molecular formula is C29H33N3O6. The van der Waals surface area contributed by atoms with Gasteiger partial charge in [0.2, 0.25) is 0 Å². The smallest absolute Gasteiger partial charge is 0.411 e. The van der Waals surface area contributed by atoms with Gasteiger partial charge in [-0.1, -0.05) is 67.1 Å². The van der Waals surface area contributed by atoms with Crippen LogP contribution in [0.4, 0.5) is 10.5 Å². The molecule has 0 atom stereocenters. The number of methoxy groups -OCH3 is 1. The van der Waals surface area contributed by atoms with Crippen LogP contribution in [0, 0.1) is 0 Å². The molecule has 200 valence electrons. The molecule has 38 heavy (non-hydrogen) atoms. The van der Waals surface area contributed by atoms with Crippen molar-refractivity contribution in [3.63, 3.8) is 0 Å². The highest BCUT2D eigenvalue weighted by Crippen LogP contribution is 2.23. The predicted molar refractivity (Wildman–Crippen MR) is 144 cm³/mol. The number of nitrogens with zero attached hydrogens (tertiary/aromatic N) is 1. The number of carbonyl (C=O) groups is 3. The summed E-state index contributed by atoms with van der Waals surface area (Å²) in [5, 5.41) is 18.5. The number of amides is 2. The van der Waals surface area contributed by atoms with Crippen LogP contribution in [0.3, 0.4) is 0 Å². The van der Waals surface area contributed by atoms with Crippen LogP contribution in [0.1, 0.15) is 30.4 Å². The Morgan fingerprint density at radius 1 is 0.921 bits per heavy atom. The Morgan fingerprint density at radius 2 is 1.68 bits per heavy atom. The van der Waals surface area contributed by atoms with Gasteiger partial charge in [0.05, 0.1) is 12.8 Å². The number of rotatable bonds is 13. The molecule has 0 aliphatic carbocycles. The van der Waals surface area contributed by atoms with E-state index in [0.29, 0.717) is 23.7 Å². The third-order valence-electron chi connectivity index (χ3n) is 5.76. The van der Waals surface area contributed by atoms with E-state index in [1.54, 1.807) is 0 Å². The fourth-order valence-corrected chi connectivity index (χ4v) is 3.78. The first kappa shape index (κ1) is 28.4. The lowest BCUT2D eigenvalue weighted by molar-refractivity contribution is -0.159. The van der Waals surface area contributed by atoms with Gasteiger partial charge in [-0.05, 0) is 42.0 Å². The second-order valence-electron chi connectivity index (χ2n) is 8.60. The average Bonchev–Trinajstić information content (AvgIpc) is 2.94. The third-order valence-corrected chi connectivity index (χ3v) is 5.76. The number of benzene rings is 3. The Kier molecular flexibility index (Phi) is 11.3. The highest BCUT2D eigenvalue weighted by Gasteiger charge is 2.08. The summed E-state index contributed by atoms with van der Waals surface area (Å²) >= 11 is 0. The third kappa shape index (κ3) is 9.34. The molecule has 0 radical (unpaired) electrons.